The summed E-state index contributed by atoms with van der Waals surface area (Å²) in [7, 11) is 0. The summed E-state index contributed by atoms with van der Waals surface area (Å²) in [5.74, 6) is 0.339. The number of hydrogen-bond acceptors (Lipinski definition) is 5. The molecule has 1 unspecified atom stereocenters. The van der Waals surface area contributed by atoms with E-state index in [-0.39, 0.29) is 6.61 Å². The first kappa shape index (κ1) is 16.2. The van der Waals surface area contributed by atoms with Gasteiger partial charge in [0.25, 0.3) is 0 Å². The van der Waals surface area contributed by atoms with Crippen LogP contribution in [-0.2, 0) is 6.42 Å². The van der Waals surface area contributed by atoms with Crippen molar-refractivity contribution in [2.24, 2.45) is 5.73 Å². The van der Waals surface area contributed by atoms with Crippen LogP contribution < -0.4 is 15.8 Å². The lowest BCUT2D eigenvalue weighted by atomic mass is 10.2. The molecule has 0 saturated heterocycles. The van der Waals surface area contributed by atoms with Gasteiger partial charge in [-0.25, -0.2) is 4.98 Å². The first-order valence-electron chi connectivity index (χ1n) is 6.41. The summed E-state index contributed by atoms with van der Waals surface area (Å²) in [5, 5.41) is 13.3. The Labute approximate surface area is 119 Å². The van der Waals surface area contributed by atoms with E-state index in [1.807, 2.05) is 13.8 Å². The van der Waals surface area contributed by atoms with Crippen LogP contribution in [0.2, 0.25) is 5.02 Å². The molecule has 0 aliphatic rings. The third-order valence-corrected chi connectivity index (χ3v) is 2.74. The highest BCUT2D eigenvalue weighted by Gasteiger charge is 2.09. The van der Waals surface area contributed by atoms with Gasteiger partial charge in [-0.05, 0) is 24.6 Å². The fraction of sp³-hybridized carbons (Fsp3) is 0.615. The highest BCUT2D eigenvalue weighted by atomic mass is 35.5. The van der Waals surface area contributed by atoms with Gasteiger partial charge in [-0.1, -0.05) is 25.4 Å². The number of nitrogens with one attached hydrogen (secondary N) is 1. The second-order valence-electron chi connectivity index (χ2n) is 4.70. The van der Waals surface area contributed by atoms with E-state index in [0.717, 1.165) is 12.0 Å². The van der Waals surface area contributed by atoms with E-state index in [1.54, 1.807) is 12.3 Å². The Morgan fingerprint density at radius 3 is 2.84 bits per heavy atom. The van der Waals surface area contributed by atoms with Crippen LogP contribution in [0.3, 0.4) is 0 Å². The minimum atomic E-state index is -0.594. The van der Waals surface area contributed by atoms with Crippen LogP contribution in [0.4, 0.5) is 0 Å². The average Bonchev–Trinajstić information content (AvgIpc) is 2.35. The number of aliphatic hydroxyl groups is 1. The molecule has 1 atom stereocenters. The maximum Gasteiger partial charge on any atom is 0.232 e. The van der Waals surface area contributed by atoms with Crippen LogP contribution in [0, 0.1) is 0 Å². The Balaban J connectivity index is 2.44. The Kier molecular flexibility index (Phi) is 7.09. The normalized spacial score (nSPS) is 12.7. The van der Waals surface area contributed by atoms with Gasteiger partial charge in [0, 0.05) is 18.8 Å². The number of aromatic nitrogens is 1. The highest BCUT2D eigenvalue weighted by molar-refractivity contribution is 6.31. The molecule has 108 valence electrons. The molecule has 4 N–H and O–H groups in total. The summed E-state index contributed by atoms with van der Waals surface area (Å²) in [5.41, 5.74) is 6.44. The average molecular weight is 288 g/mol. The Morgan fingerprint density at radius 2 is 2.26 bits per heavy atom. The zero-order chi connectivity index (χ0) is 14.3. The van der Waals surface area contributed by atoms with E-state index in [2.05, 4.69) is 10.3 Å². The standard InChI is InChI=1S/C13H22ClN3O2/c1-9(2)16-7-11(18)8-19-13-12(14)5-10(3-4-15)6-17-13/h5-6,9,11,16,18H,3-4,7-8,15H2,1-2H3. The molecule has 0 saturated carbocycles. The van der Waals surface area contributed by atoms with Gasteiger partial charge >= 0.3 is 0 Å². The van der Waals surface area contributed by atoms with Crippen molar-refractivity contribution in [1.29, 1.82) is 0 Å². The van der Waals surface area contributed by atoms with Crippen molar-refractivity contribution >= 4 is 11.6 Å². The van der Waals surface area contributed by atoms with Crippen LogP contribution in [0.15, 0.2) is 12.3 Å². The summed E-state index contributed by atoms with van der Waals surface area (Å²) in [6.45, 7) is 5.21. The van der Waals surface area contributed by atoms with Crippen LogP contribution in [0.5, 0.6) is 5.88 Å². The molecule has 1 aromatic heterocycles. The van der Waals surface area contributed by atoms with Crippen molar-refractivity contribution in [2.45, 2.75) is 32.4 Å². The minimum Gasteiger partial charge on any atom is -0.474 e. The van der Waals surface area contributed by atoms with Crippen LogP contribution >= 0.6 is 11.6 Å². The zero-order valence-electron chi connectivity index (χ0n) is 11.4. The molecule has 1 rings (SSSR count). The van der Waals surface area contributed by atoms with Gasteiger partial charge in [0.05, 0.1) is 0 Å². The molecule has 0 fully saturated rings. The molecule has 0 bridgehead atoms. The quantitative estimate of drug-likeness (QED) is 0.664. The number of nitrogens with two attached hydrogens (primary N) is 1. The second kappa shape index (κ2) is 8.32. The van der Waals surface area contributed by atoms with Crippen molar-refractivity contribution in [2.75, 3.05) is 19.7 Å². The zero-order valence-corrected chi connectivity index (χ0v) is 12.2. The fourth-order valence-electron chi connectivity index (χ4n) is 1.48. The number of aliphatic hydroxyl groups excluding tert-OH is 1. The van der Waals surface area contributed by atoms with Gasteiger partial charge in [0.15, 0.2) is 0 Å². The molecule has 0 radical (unpaired) electrons. The van der Waals surface area contributed by atoms with Crippen molar-refractivity contribution in [3.05, 3.63) is 22.8 Å². The monoisotopic (exact) mass is 287 g/mol. The first-order chi connectivity index (χ1) is 9.02. The van der Waals surface area contributed by atoms with E-state index in [9.17, 15) is 5.11 Å². The van der Waals surface area contributed by atoms with Gasteiger partial charge in [-0.3, -0.25) is 0 Å². The van der Waals surface area contributed by atoms with Crippen molar-refractivity contribution in [3.63, 3.8) is 0 Å². The molecule has 5 nitrogen and oxygen atoms in total. The summed E-state index contributed by atoms with van der Waals surface area (Å²) in [6, 6.07) is 2.11. The summed E-state index contributed by atoms with van der Waals surface area (Å²) >= 11 is 6.05. The predicted octanol–water partition coefficient (Wildman–Crippen LogP) is 0.974. The number of ether oxygens (including phenoxy) is 1. The fourth-order valence-corrected chi connectivity index (χ4v) is 1.72. The third kappa shape index (κ3) is 6.20. The summed E-state index contributed by atoms with van der Waals surface area (Å²) < 4.78 is 5.40. The van der Waals surface area contributed by atoms with Crippen LogP contribution in [-0.4, -0.2) is 41.9 Å². The Morgan fingerprint density at radius 1 is 1.53 bits per heavy atom. The van der Waals surface area contributed by atoms with E-state index in [1.165, 1.54) is 0 Å². The van der Waals surface area contributed by atoms with E-state index >= 15 is 0 Å². The van der Waals surface area contributed by atoms with Crippen molar-refractivity contribution < 1.29 is 9.84 Å². The second-order valence-corrected chi connectivity index (χ2v) is 5.10. The molecule has 1 aromatic rings. The molecular weight excluding hydrogens is 266 g/mol. The minimum absolute atomic E-state index is 0.155. The van der Waals surface area contributed by atoms with Gasteiger partial charge in [0.1, 0.15) is 17.7 Å². The molecule has 0 aromatic carbocycles. The number of halogens is 1. The first-order valence-corrected chi connectivity index (χ1v) is 6.79. The Hall–Kier alpha value is -0.880. The Bertz CT molecular complexity index is 388. The number of hydrogen-bond donors (Lipinski definition) is 3. The van der Waals surface area contributed by atoms with E-state index < -0.39 is 6.10 Å². The lowest BCUT2D eigenvalue weighted by Crippen LogP contribution is -2.35. The lowest BCUT2D eigenvalue weighted by molar-refractivity contribution is 0.102. The maximum atomic E-state index is 9.71. The molecule has 6 heteroatoms. The van der Waals surface area contributed by atoms with Gasteiger partial charge in [-0.2, -0.15) is 0 Å². The van der Waals surface area contributed by atoms with Crippen molar-refractivity contribution in [1.82, 2.24) is 10.3 Å². The smallest absolute Gasteiger partial charge is 0.232 e. The molecule has 0 aliphatic heterocycles. The van der Waals surface area contributed by atoms with E-state index in [0.29, 0.717) is 30.0 Å². The van der Waals surface area contributed by atoms with E-state index in [4.69, 9.17) is 22.1 Å². The third-order valence-electron chi connectivity index (χ3n) is 2.47. The van der Waals surface area contributed by atoms with Gasteiger partial charge in [-0.15, -0.1) is 0 Å². The highest BCUT2D eigenvalue weighted by Crippen LogP contribution is 2.22. The predicted molar refractivity (Wildman–Crippen MR) is 76.6 cm³/mol. The van der Waals surface area contributed by atoms with Crippen LogP contribution in [0.25, 0.3) is 0 Å². The molecule has 0 amide bonds. The molecule has 0 aliphatic carbocycles. The molecule has 19 heavy (non-hydrogen) atoms. The number of pyridine rings is 1. The van der Waals surface area contributed by atoms with Crippen LogP contribution in [0.1, 0.15) is 19.4 Å². The van der Waals surface area contributed by atoms with Gasteiger partial charge in [0.2, 0.25) is 5.88 Å². The SMILES string of the molecule is CC(C)NCC(O)COc1ncc(CCN)cc1Cl. The maximum absolute atomic E-state index is 9.71. The summed E-state index contributed by atoms with van der Waals surface area (Å²) in [6.07, 6.45) is 1.82. The number of nitrogens with zero attached hydrogens (tertiary/aromatic N) is 1. The lowest BCUT2D eigenvalue weighted by Gasteiger charge is -2.15. The molecule has 1 heterocycles. The van der Waals surface area contributed by atoms with Gasteiger partial charge < -0.3 is 20.9 Å². The largest absolute Gasteiger partial charge is 0.474 e. The number of rotatable bonds is 8. The van der Waals surface area contributed by atoms with Crippen molar-refractivity contribution in [3.8, 4) is 5.88 Å². The summed E-state index contributed by atoms with van der Waals surface area (Å²) in [4.78, 5) is 4.12. The molecular formula is C13H22ClN3O2. The molecule has 0 spiro atoms. The topological polar surface area (TPSA) is 80.4 Å².